The Hall–Kier alpha value is -1.36. The van der Waals surface area contributed by atoms with Crippen LogP contribution in [0.5, 0.6) is 0 Å². The van der Waals surface area contributed by atoms with Crippen LogP contribution in [0, 0.1) is 30.3 Å². The van der Waals surface area contributed by atoms with Crippen molar-refractivity contribution in [3.8, 4) is 11.4 Å². The highest BCUT2D eigenvalue weighted by molar-refractivity contribution is 7.71. The molecule has 15 heavy (non-hydrogen) atoms. The molecule has 1 N–H and O–H groups in total. The molecule has 0 aliphatic carbocycles. The molecule has 2 nitrogen and oxygen atoms in total. The molecule has 0 bridgehead atoms. The molecule has 2 heterocycles. The van der Waals surface area contributed by atoms with Crippen LogP contribution in [0.3, 0.4) is 0 Å². The van der Waals surface area contributed by atoms with Gasteiger partial charge in [-0.05, 0) is 25.5 Å². The van der Waals surface area contributed by atoms with Crippen LogP contribution in [-0.2, 0) is 0 Å². The minimum absolute atomic E-state index is 0.242. The predicted molar refractivity (Wildman–Crippen MR) is 55.4 cm³/mol. The molecule has 0 amide bonds. The Morgan fingerprint density at radius 3 is 2.67 bits per heavy atom. The van der Waals surface area contributed by atoms with Gasteiger partial charge < -0.3 is 4.98 Å². The smallest absolute Gasteiger partial charge is 0.229 e. The molecule has 0 radical (unpaired) electrons. The number of fused-ring (bicyclic) bond motifs is 1. The lowest BCUT2D eigenvalue weighted by Gasteiger charge is -2.10. The van der Waals surface area contributed by atoms with Crippen molar-refractivity contribution in [1.29, 1.82) is 0 Å². The van der Waals surface area contributed by atoms with Crippen molar-refractivity contribution >= 4 is 12.2 Å². The van der Waals surface area contributed by atoms with Crippen molar-refractivity contribution in [3.05, 3.63) is 33.6 Å². The Kier molecular flexibility index (Phi) is 2.26. The molecule has 0 atom stereocenters. The van der Waals surface area contributed by atoms with Crippen LogP contribution in [0.25, 0.3) is 11.4 Å². The summed E-state index contributed by atoms with van der Waals surface area (Å²) in [6.07, 6.45) is 0. The zero-order valence-electron chi connectivity index (χ0n) is 8.19. The summed E-state index contributed by atoms with van der Waals surface area (Å²) >= 11 is 4.95. The zero-order valence-corrected chi connectivity index (χ0v) is 9.01. The maximum atomic E-state index is 13.2. The topological polar surface area (TPSA) is 28.7 Å². The number of H-pyrrole nitrogens is 1. The third-order valence-electron chi connectivity index (χ3n) is 2.32. The van der Waals surface area contributed by atoms with Gasteiger partial charge in [0.15, 0.2) is 5.82 Å². The number of aryl methyl sites for hydroxylation is 1. The van der Waals surface area contributed by atoms with Gasteiger partial charge in [-0.3, -0.25) is 0 Å². The average Bonchev–Trinajstić information content (AvgIpc) is 2.19. The number of aromatic nitrogens is 2. The van der Waals surface area contributed by atoms with E-state index in [4.69, 9.17) is 12.2 Å². The highest BCUT2D eigenvalue weighted by atomic mass is 32.1. The minimum atomic E-state index is -1.01. The lowest BCUT2D eigenvalue weighted by molar-refractivity contribution is 0.474. The molecule has 0 fully saturated rings. The van der Waals surface area contributed by atoms with E-state index in [0.717, 1.165) is 5.56 Å². The van der Waals surface area contributed by atoms with Crippen LogP contribution in [-0.4, -0.2) is 9.97 Å². The number of nitrogens with one attached hydrogen (secondary N) is 1. The Balaban J connectivity index is 2.94. The van der Waals surface area contributed by atoms with Crippen molar-refractivity contribution in [2.24, 2.45) is 0 Å². The van der Waals surface area contributed by atoms with Gasteiger partial charge in [0.25, 0.3) is 0 Å². The van der Waals surface area contributed by atoms with Crippen molar-refractivity contribution in [3.63, 3.8) is 0 Å². The standard InChI is InChI=1S/C10H8F2N2S/c1-4-3-6-5(2)7(11)8(12)13-9(6)14-10(4)15/h3H,1-2H3,(H,13,14,15). The summed E-state index contributed by atoms with van der Waals surface area (Å²) < 4.78 is 26.7. The van der Waals surface area contributed by atoms with E-state index in [2.05, 4.69) is 9.97 Å². The van der Waals surface area contributed by atoms with Gasteiger partial charge >= 0.3 is 0 Å². The number of aromatic amines is 1. The molecule has 2 aliphatic rings. The molecule has 0 spiro atoms. The van der Waals surface area contributed by atoms with E-state index >= 15 is 0 Å². The van der Waals surface area contributed by atoms with Crippen molar-refractivity contribution in [2.45, 2.75) is 13.8 Å². The fourth-order valence-electron chi connectivity index (χ4n) is 1.42. The highest BCUT2D eigenvalue weighted by Gasteiger charge is 2.16. The zero-order chi connectivity index (χ0) is 11.2. The second-order valence-electron chi connectivity index (χ2n) is 3.38. The van der Waals surface area contributed by atoms with E-state index in [1.807, 2.05) is 0 Å². The summed E-state index contributed by atoms with van der Waals surface area (Å²) in [4.78, 5) is 6.24. The monoisotopic (exact) mass is 226 g/mol. The normalized spacial score (nSPS) is 10.9. The van der Waals surface area contributed by atoms with Gasteiger partial charge in [-0.25, -0.2) is 9.37 Å². The van der Waals surface area contributed by atoms with E-state index < -0.39 is 11.8 Å². The van der Waals surface area contributed by atoms with Gasteiger partial charge in [-0.15, -0.1) is 0 Å². The molecule has 0 saturated heterocycles. The van der Waals surface area contributed by atoms with Gasteiger partial charge in [0.05, 0.1) is 0 Å². The van der Waals surface area contributed by atoms with Gasteiger partial charge in [0.1, 0.15) is 10.5 Å². The van der Waals surface area contributed by atoms with Gasteiger partial charge in [0, 0.05) is 11.1 Å². The maximum absolute atomic E-state index is 13.2. The van der Waals surface area contributed by atoms with Crippen LogP contribution in [0.4, 0.5) is 8.78 Å². The first-order chi connectivity index (χ1) is 7.00. The van der Waals surface area contributed by atoms with Crippen molar-refractivity contribution in [1.82, 2.24) is 9.97 Å². The summed E-state index contributed by atoms with van der Waals surface area (Å²) in [5.41, 5.74) is 1.58. The van der Waals surface area contributed by atoms with E-state index in [1.165, 1.54) is 6.92 Å². The van der Waals surface area contributed by atoms with Gasteiger partial charge in [-0.1, -0.05) is 12.2 Å². The molecule has 2 aliphatic heterocycles. The molecule has 0 aromatic carbocycles. The third-order valence-corrected chi connectivity index (χ3v) is 2.73. The fraction of sp³-hybridized carbons (Fsp3) is 0.200. The van der Waals surface area contributed by atoms with Crippen LogP contribution < -0.4 is 0 Å². The van der Waals surface area contributed by atoms with Crippen molar-refractivity contribution < 1.29 is 8.78 Å². The lowest BCUT2D eigenvalue weighted by Crippen LogP contribution is -2.03. The summed E-state index contributed by atoms with van der Waals surface area (Å²) in [7, 11) is 0. The first-order valence-electron chi connectivity index (χ1n) is 4.36. The van der Waals surface area contributed by atoms with E-state index in [1.54, 1.807) is 13.0 Å². The molecule has 0 aromatic rings. The minimum Gasteiger partial charge on any atom is -0.314 e. The van der Waals surface area contributed by atoms with Gasteiger partial charge in [-0.2, -0.15) is 4.39 Å². The number of hydrogen-bond acceptors (Lipinski definition) is 2. The summed E-state index contributed by atoms with van der Waals surface area (Å²) in [5, 5.41) is 0. The highest BCUT2D eigenvalue weighted by Crippen LogP contribution is 2.26. The Bertz CT molecular complexity index is 562. The van der Waals surface area contributed by atoms with Crippen LogP contribution in [0.2, 0.25) is 0 Å². The number of nitrogens with zero attached hydrogens (tertiary/aromatic N) is 1. The summed E-state index contributed by atoms with van der Waals surface area (Å²) in [6, 6.07) is 1.71. The maximum Gasteiger partial charge on any atom is 0.229 e. The Labute approximate surface area is 90.3 Å². The molecular weight excluding hydrogens is 218 g/mol. The summed E-state index contributed by atoms with van der Waals surface area (Å²) in [5.74, 6) is -1.60. The lowest BCUT2D eigenvalue weighted by atomic mass is 10.1. The average molecular weight is 226 g/mol. The molecular formula is C10H8F2N2S. The molecule has 5 heteroatoms. The predicted octanol–water partition coefficient (Wildman–Crippen LogP) is 3.14. The Morgan fingerprint density at radius 1 is 1.33 bits per heavy atom. The first kappa shape index (κ1) is 10.2. The molecule has 0 aromatic heterocycles. The van der Waals surface area contributed by atoms with E-state index in [9.17, 15) is 8.78 Å². The molecule has 0 unspecified atom stereocenters. The summed E-state index contributed by atoms with van der Waals surface area (Å²) in [6.45, 7) is 3.30. The number of rotatable bonds is 0. The van der Waals surface area contributed by atoms with Crippen LogP contribution >= 0.6 is 12.2 Å². The number of halogens is 2. The van der Waals surface area contributed by atoms with E-state index in [0.29, 0.717) is 10.2 Å². The van der Waals surface area contributed by atoms with Gasteiger partial charge in [0.2, 0.25) is 5.95 Å². The van der Waals surface area contributed by atoms with Crippen LogP contribution in [0.15, 0.2) is 6.07 Å². The molecule has 2 rings (SSSR count). The van der Waals surface area contributed by atoms with Crippen LogP contribution in [0.1, 0.15) is 11.1 Å². The second-order valence-corrected chi connectivity index (χ2v) is 3.77. The number of pyridine rings is 2. The van der Waals surface area contributed by atoms with E-state index in [-0.39, 0.29) is 11.4 Å². The first-order valence-corrected chi connectivity index (χ1v) is 4.76. The SMILES string of the molecule is Cc1c2cc(C)c(=S)nc-2[nH]c(F)c1F. The largest absolute Gasteiger partial charge is 0.314 e. The molecule has 78 valence electrons. The second kappa shape index (κ2) is 3.34. The quantitative estimate of drug-likeness (QED) is 0.552. The Morgan fingerprint density at radius 2 is 2.00 bits per heavy atom. The number of hydrogen-bond donors (Lipinski definition) is 1. The molecule has 0 saturated carbocycles. The van der Waals surface area contributed by atoms with Crippen molar-refractivity contribution in [2.75, 3.05) is 0 Å². The fourth-order valence-corrected chi connectivity index (χ4v) is 1.57. The third kappa shape index (κ3) is 1.52.